The van der Waals surface area contributed by atoms with Crippen molar-refractivity contribution in [2.24, 2.45) is 0 Å². The van der Waals surface area contributed by atoms with Gasteiger partial charge in [-0.25, -0.2) is 14.6 Å². The van der Waals surface area contributed by atoms with Crippen LogP contribution in [0, 0.1) is 6.92 Å². The van der Waals surface area contributed by atoms with Crippen molar-refractivity contribution in [2.75, 3.05) is 32.7 Å². The Labute approximate surface area is 186 Å². The van der Waals surface area contributed by atoms with Crippen molar-refractivity contribution in [3.63, 3.8) is 0 Å². The molecule has 0 N–H and O–H groups in total. The molecule has 0 aliphatic carbocycles. The minimum Gasteiger partial charge on any atom is -0.300 e. The van der Waals surface area contributed by atoms with Crippen molar-refractivity contribution < 1.29 is 0 Å². The van der Waals surface area contributed by atoms with Crippen LogP contribution in [-0.2, 0) is 0 Å². The fraction of sp³-hybridized carbons (Fsp3) is 0.571. The minimum absolute atomic E-state index is 0. The molecule has 0 saturated carbocycles. The third-order valence-electron chi connectivity index (χ3n) is 5.91. The first-order valence-electron chi connectivity index (χ1n) is 10.3. The van der Waals surface area contributed by atoms with Crippen LogP contribution in [0.1, 0.15) is 43.4 Å². The molecule has 0 aromatic carbocycles. The predicted molar refractivity (Wildman–Crippen MR) is 122 cm³/mol. The maximum Gasteiger partial charge on any atom is 0.250 e. The van der Waals surface area contributed by atoms with Gasteiger partial charge in [0.2, 0.25) is 0 Å². The Morgan fingerprint density at radius 2 is 1.69 bits per heavy atom. The van der Waals surface area contributed by atoms with Crippen molar-refractivity contribution >= 4 is 30.9 Å². The van der Waals surface area contributed by atoms with Crippen LogP contribution < -0.4 is 0 Å². The number of aromatic nitrogens is 4. The average molecular weight is 439 g/mol. The molecular weight excluding hydrogens is 407 g/mol. The van der Waals surface area contributed by atoms with Crippen molar-refractivity contribution in [1.29, 1.82) is 0 Å². The number of rotatable bonds is 5. The molecule has 2 aromatic rings. The van der Waals surface area contributed by atoms with Crippen LogP contribution in [0.5, 0.6) is 0 Å². The maximum absolute atomic E-state index is 4.43. The van der Waals surface area contributed by atoms with E-state index >= 15 is 0 Å². The Balaban J connectivity index is 0.00000150. The molecule has 2 aromatic heterocycles. The van der Waals surface area contributed by atoms with Crippen molar-refractivity contribution in [3.05, 3.63) is 42.0 Å². The number of hydrogen-bond acceptors (Lipinski definition) is 5. The van der Waals surface area contributed by atoms with Crippen molar-refractivity contribution in [1.82, 2.24) is 29.5 Å². The summed E-state index contributed by atoms with van der Waals surface area (Å²) in [5.41, 5.74) is 2.20. The first kappa shape index (κ1) is 23.8. The lowest BCUT2D eigenvalue weighted by molar-refractivity contribution is 0.0975. The van der Waals surface area contributed by atoms with Gasteiger partial charge in [-0.05, 0) is 64.9 Å². The molecule has 0 amide bonds. The molecule has 0 unspecified atom stereocenters. The molecule has 160 valence electrons. The van der Waals surface area contributed by atoms with E-state index in [0.717, 1.165) is 23.8 Å². The molecule has 6 nitrogen and oxygen atoms in total. The summed E-state index contributed by atoms with van der Waals surface area (Å²) in [5.74, 6) is 0.620. The predicted octanol–water partition coefficient (Wildman–Crippen LogP) is 3.78. The number of piperidine rings is 2. The monoisotopic (exact) mass is 438 g/mol. The van der Waals surface area contributed by atoms with Crippen LogP contribution in [0.2, 0.25) is 0 Å². The highest BCUT2D eigenvalue weighted by molar-refractivity contribution is 5.85. The molecule has 2 aliphatic rings. The van der Waals surface area contributed by atoms with Crippen LogP contribution in [-0.4, -0.2) is 68.3 Å². The summed E-state index contributed by atoms with van der Waals surface area (Å²) in [7, 11) is 0. The van der Waals surface area contributed by atoms with Gasteiger partial charge in [-0.3, -0.25) is 4.90 Å². The third kappa shape index (κ3) is 6.01. The van der Waals surface area contributed by atoms with Gasteiger partial charge in [-0.1, -0.05) is 18.6 Å². The molecule has 2 saturated heterocycles. The van der Waals surface area contributed by atoms with Gasteiger partial charge >= 0.3 is 0 Å². The lowest BCUT2D eigenvalue weighted by Gasteiger charge is -2.40. The summed E-state index contributed by atoms with van der Waals surface area (Å²) in [6, 6.07) is 2.63. The maximum atomic E-state index is 4.43. The number of hydrogen-bond donors (Lipinski definition) is 0. The van der Waals surface area contributed by atoms with Crippen LogP contribution in [0.4, 0.5) is 0 Å². The molecule has 0 radical (unpaired) electrons. The number of halogens is 2. The van der Waals surface area contributed by atoms with E-state index in [4.69, 9.17) is 0 Å². The van der Waals surface area contributed by atoms with E-state index in [2.05, 4.69) is 43.9 Å². The Kier molecular flexibility index (Phi) is 9.56. The normalized spacial score (nSPS) is 19.1. The summed E-state index contributed by atoms with van der Waals surface area (Å²) < 4.78 is 1.80. The van der Waals surface area contributed by atoms with Gasteiger partial charge in [-0.15, -0.1) is 24.8 Å². The third-order valence-corrected chi connectivity index (χ3v) is 5.91. The van der Waals surface area contributed by atoms with E-state index in [9.17, 15) is 0 Å². The van der Waals surface area contributed by atoms with Crippen LogP contribution in [0.15, 0.2) is 30.7 Å². The fourth-order valence-electron chi connectivity index (χ4n) is 4.27. The van der Waals surface area contributed by atoms with Gasteiger partial charge in [0.15, 0.2) is 0 Å². The summed E-state index contributed by atoms with van der Waals surface area (Å²) in [6.45, 7) is 8.13. The Hall–Kier alpha value is -1.47. The van der Waals surface area contributed by atoms with E-state index in [1.165, 1.54) is 58.3 Å². The second-order valence-electron chi connectivity index (χ2n) is 7.68. The summed E-state index contributed by atoms with van der Waals surface area (Å²) in [4.78, 5) is 13.9. The Morgan fingerprint density at radius 3 is 2.38 bits per heavy atom. The number of nitrogens with zero attached hydrogens (tertiary/aromatic N) is 6. The number of likely N-dealkylation sites (tertiary alicyclic amines) is 2. The van der Waals surface area contributed by atoms with Gasteiger partial charge in [0.1, 0.15) is 0 Å². The summed E-state index contributed by atoms with van der Waals surface area (Å²) >= 11 is 0. The van der Waals surface area contributed by atoms with Gasteiger partial charge in [-0.2, -0.15) is 5.10 Å². The second-order valence-corrected chi connectivity index (χ2v) is 7.68. The topological polar surface area (TPSA) is 50.1 Å². The molecule has 2 aliphatic heterocycles. The smallest absolute Gasteiger partial charge is 0.250 e. The molecular formula is C21H32Cl2N6. The molecule has 2 fully saturated rings. The molecule has 0 atom stereocenters. The molecule has 4 rings (SSSR count). The summed E-state index contributed by atoms with van der Waals surface area (Å²) in [6.07, 6.45) is 16.7. The zero-order valence-corrected chi connectivity index (χ0v) is 18.7. The van der Waals surface area contributed by atoms with E-state index in [-0.39, 0.29) is 24.8 Å². The van der Waals surface area contributed by atoms with Crippen LogP contribution in [0.3, 0.4) is 0 Å². The SMILES string of the molecule is Cc1c(/C=C/CN2CCC(N3CCCCC3)CC2)cnn1-c1ncccn1.Cl.Cl. The zero-order chi connectivity index (χ0) is 18.5. The zero-order valence-electron chi connectivity index (χ0n) is 17.1. The van der Waals surface area contributed by atoms with Crippen molar-refractivity contribution in [2.45, 2.75) is 45.1 Å². The lowest BCUT2D eigenvalue weighted by atomic mass is 10.00. The average Bonchev–Trinajstić information content (AvgIpc) is 3.10. The molecule has 0 spiro atoms. The molecule has 4 heterocycles. The Morgan fingerprint density at radius 1 is 1.00 bits per heavy atom. The van der Waals surface area contributed by atoms with Crippen molar-refractivity contribution in [3.8, 4) is 5.95 Å². The van der Waals surface area contributed by atoms with E-state index in [1.807, 2.05) is 12.3 Å². The summed E-state index contributed by atoms with van der Waals surface area (Å²) in [5, 5.41) is 4.43. The van der Waals surface area contributed by atoms with E-state index in [0.29, 0.717) is 5.95 Å². The lowest BCUT2D eigenvalue weighted by Crippen LogP contribution is -2.46. The molecule has 29 heavy (non-hydrogen) atoms. The highest BCUT2D eigenvalue weighted by atomic mass is 35.5. The van der Waals surface area contributed by atoms with Gasteiger partial charge in [0.25, 0.3) is 5.95 Å². The first-order chi connectivity index (χ1) is 13.3. The van der Waals surface area contributed by atoms with Gasteiger partial charge < -0.3 is 4.90 Å². The highest BCUT2D eigenvalue weighted by Crippen LogP contribution is 2.21. The Bertz CT molecular complexity index is 750. The molecule has 8 heteroatoms. The van der Waals surface area contributed by atoms with Gasteiger partial charge in [0, 0.05) is 30.5 Å². The van der Waals surface area contributed by atoms with Gasteiger partial charge in [0.05, 0.1) is 11.9 Å². The fourth-order valence-corrected chi connectivity index (χ4v) is 4.27. The first-order valence-corrected chi connectivity index (χ1v) is 10.3. The van der Waals surface area contributed by atoms with E-state index in [1.54, 1.807) is 17.1 Å². The molecule has 0 bridgehead atoms. The largest absolute Gasteiger partial charge is 0.300 e. The van der Waals surface area contributed by atoms with Crippen LogP contribution in [0.25, 0.3) is 12.0 Å². The standard InChI is InChI=1S/C21H30N6.2ClH/c1-18-19(17-24-27(18)21-22-10-6-11-23-21)7-5-12-25-15-8-20(9-16-25)26-13-3-2-4-14-26;;/h5-7,10-11,17,20H,2-4,8-9,12-16H2,1H3;2*1H/b7-5+;;. The second kappa shape index (κ2) is 11.6. The highest BCUT2D eigenvalue weighted by Gasteiger charge is 2.24. The minimum atomic E-state index is 0. The van der Waals surface area contributed by atoms with Crippen LogP contribution >= 0.6 is 24.8 Å². The quantitative estimate of drug-likeness (QED) is 0.710. The van der Waals surface area contributed by atoms with E-state index < -0.39 is 0 Å².